The Morgan fingerprint density at radius 3 is 2.95 bits per heavy atom. The molecule has 0 bridgehead atoms. The van der Waals surface area contributed by atoms with E-state index in [1.165, 1.54) is 35.5 Å². The van der Waals surface area contributed by atoms with Crippen molar-refractivity contribution < 1.29 is 0 Å². The summed E-state index contributed by atoms with van der Waals surface area (Å²) in [5.41, 5.74) is 2.48. The fraction of sp³-hybridized carbons (Fsp3) is 0.500. The van der Waals surface area contributed by atoms with Crippen molar-refractivity contribution in [2.45, 2.75) is 45.2 Å². The molecule has 0 aromatic carbocycles. The highest BCUT2D eigenvalue weighted by Gasteiger charge is 2.25. The molecule has 0 radical (unpaired) electrons. The molecule has 1 aliphatic rings. The highest BCUT2D eigenvalue weighted by atomic mass is 32.1. The van der Waals surface area contributed by atoms with Crippen LogP contribution in [0, 0.1) is 0 Å². The van der Waals surface area contributed by atoms with Crippen LogP contribution < -0.4 is 0 Å². The van der Waals surface area contributed by atoms with Gasteiger partial charge in [-0.05, 0) is 37.4 Å². The number of hydrogen-bond acceptors (Lipinski definition) is 4. The zero-order chi connectivity index (χ0) is 13.8. The van der Waals surface area contributed by atoms with Crippen molar-refractivity contribution in [1.82, 2.24) is 14.9 Å². The van der Waals surface area contributed by atoms with E-state index in [0.717, 1.165) is 19.5 Å². The van der Waals surface area contributed by atoms with Gasteiger partial charge in [-0.3, -0.25) is 9.88 Å². The number of aryl methyl sites for hydroxylation is 1. The Morgan fingerprint density at radius 2 is 2.25 bits per heavy atom. The molecule has 4 heteroatoms. The molecular weight excluding hydrogens is 266 g/mol. The third-order valence-electron chi connectivity index (χ3n) is 4.01. The summed E-state index contributed by atoms with van der Waals surface area (Å²) in [6.07, 6.45) is 8.80. The van der Waals surface area contributed by atoms with Gasteiger partial charge in [0.25, 0.3) is 0 Å². The van der Waals surface area contributed by atoms with E-state index < -0.39 is 0 Å². The van der Waals surface area contributed by atoms with Crippen LogP contribution in [0.4, 0.5) is 0 Å². The van der Waals surface area contributed by atoms with E-state index in [1.54, 1.807) is 11.3 Å². The summed E-state index contributed by atoms with van der Waals surface area (Å²) >= 11 is 1.78. The third kappa shape index (κ3) is 3.07. The van der Waals surface area contributed by atoms with Crippen LogP contribution in [0.25, 0.3) is 0 Å². The number of thiazole rings is 1. The zero-order valence-electron chi connectivity index (χ0n) is 12.0. The van der Waals surface area contributed by atoms with Gasteiger partial charge in [0.15, 0.2) is 0 Å². The van der Waals surface area contributed by atoms with Crippen LogP contribution in [0.5, 0.6) is 0 Å². The van der Waals surface area contributed by atoms with Crippen molar-refractivity contribution in [3.8, 4) is 0 Å². The topological polar surface area (TPSA) is 29.0 Å². The Labute approximate surface area is 124 Å². The number of rotatable bonds is 4. The van der Waals surface area contributed by atoms with Gasteiger partial charge in [-0.2, -0.15) is 0 Å². The first-order valence-corrected chi connectivity index (χ1v) is 8.32. The Balaban J connectivity index is 1.73. The van der Waals surface area contributed by atoms with E-state index in [4.69, 9.17) is 0 Å². The van der Waals surface area contributed by atoms with E-state index in [0.29, 0.717) is 6.04 Å². The molecule has 0 spiro atoms. The van der Waals surface area contributed by atoms with E-state index >= 15 is 0 Å². The van der Waals surface area contributed by atoms with Gasteiger partial charge >= 0.3 is 0 Å². The monoisotopic (exact) mass is 287 g/mol. The number of hydrogen-bond donors (Lipinski definition) is 0. The van der Waals surface area contributed by atoms with E-state index in [-0.39, 0.29) is 0 Å². The van der Waals surface area contributed by atoms with Gasteiger partial charge in [0.1, 0.15) is 5.01 Å². The third-order valence-corrected chi connectivity index (χ3v) is 4.89. The highest BCUT2D eigenvalue weighted by molar-refractivity contribution is 7.09. The Morgan fingerprint density at radius 1 is 1.30 bits per heavy atom. The smallest absolute Gasteiger partial charge is 0.110 e. The van der Waals surface area contributed by atoms with E-state index in [2.05, 4.69) is 39.3 Å². The van der Waals surface area contributed by atoms with Gasteiger partial charge in [0.2, 0.25) is 0 Å². The van der Waals surface area contributed by atoms with Crippen LogP contribution in [0.3, 0.4) is 0 Å². The molecule has 2 aromatic rings. The van der Waals surface area contributed by atoms with Gasteiger partial charge in [0.05, 0.1) is 11.7 Å². The lowest BCUT2D eigenvalue weighted by Gasteiger charge is -2.34. The molecule has 0 amide bonds. The van der Waals surface area contributed by atoms with Crippen LogP contribution >= 0.6 is 11.3 Å². The summed E-state index contributed by atoms with van der Waals surface area (Å²) in [7, 11) is 0. The van der Waals surface area contributed by atoms with Crippen molar-refractivity contribution in [1.29, 1.82) is 0 Å². The molecule has 3 heterocycles. The SMILES string of the molecule is CCc1ccc(CN2CCCC[C@@H]2c2nccs2)nc1. The van der Waals surface area contributed by atoms with Crippen molar-refractivity contribution in [2.24, 2.45) is 0 Å². The van der Waals surface area contributed by atoms with Gasteiger partial charge in [0, 0.05) is 24.3 Å². The molecule has 2 aromatic heterocycles. The van der Waals surface area contributed by atoms with Crippen LogP contribution in [0.1, 0.15) is 48.5 Å². The molecule has 3 nitrogen and oxygen atoms in total. The van der Waals surface area contributed by atoms with Gasteiger partial charge in [-0.1, -0.05) is 19.4 Å². The van der Waals surface area contributed by atoms with Crippen LogP contribution in [0.15, 0.2) is 29.9 Å². The second kappa shape index (κ2) is 6.46. The largest absolute Gasteiger partial charge is 0.288 e. The maximum absolute atomic E-state index is 4.60. The second-order valence-corrected chi connectivity index (χ2v) is 6.29. The highest BCUT2D eigenvalue weighted by Crippen LogP contribution is 2.32. The minimum absolute atomic E-state index is 0.483. The van der Waals surface area contributed by atoms with Gasteiger partial charge < -0.3 is 0 Å². The summed E-state index contributed by atoms with van der Waals surface area (Å²) in [5.74, 6) is 0. The molecular formula is C16H21N3S. The molecule has 1 atom stereocenters. The summed E-state index contributed by atoms with van der Waals surface area (Å²) in [6.45, 7) is 4.26. The van der Waals surface area contributed by atoms with Crippen molar-refractivity contribution in [3.63, 3.8) is 0 Å². The first kappa shape index (κ1) is 13.7. The molecule has 20 heavy (non-hydrogen) atoms. The number of aromatic nitrogens is 2. The average molecular weight is 287 g/mol. The molecule has 106 valence electrons. The fourth-order valence-electron chi connectivity index (χ4n) is 2.82. The number of nitrogens with zero attached hydrogens (tertiary/aromatic N) is 3. The van der Waals surface area contributed by atoms with E-state index in [9.17, 15) is 0 Å². The Kier molecular flexibility index (Phi) is 4.43. The predicted octanol–water partition coefficient (Wildman–Crippen LogP) is 3.83. The Hall–Kier alpha value is -1.26. The molecule has 1 saturated heterocycles. The van der Waals surface area contributed by atoms with Crippen LogP contribution in [0.2, 0.25) is 0 Å². The summed E-state index contributed by atoms with van der Waals surface area (Å²) in [4.78, 5) is 11.7. The standard InChI is InChI=1S/C16H21N3S/c1-2-13-6-7-14(18-11-13)12-19-9-4-3-5-15(19)16-17-8-10-20-16/h6-8,10-11,15H,2-5,9,12H2,1H3/t15-/m1/s1. The maximum Gasteiger partial charge on any atom is 0.110 e. The molecule has 0 aliphatic carbocycles. The van der Waals surface area contributed by atoms with Crippen molar-refractivity contribution >= 4 is 11.3 Å². The number of piperidine rings is 1. The van der Waals surface area contributed by atoms with Gasteiger partial charge in [-0.25, -0.2) is 4.98 Å². The molecule has 0 saturated carbocycles. The quantitative estimate of drug-likeness (QED) is 0.856. The lowest BCUT2D eigenvalue weighted by molar-refractivity contribution is 0.138. The fourth-order valence-corrected chi connectivity index (χ4v) is 3.63. The van der Waals surface area contributed by atoms with Crippen molar-refractivity contribution in [3.05, 3.63) is 46.2 Å². The Bertz CT molecular complexity index is 521. The van der Waals surface area contributed by atoms with Gasteiger partial charge in [-0.15, -0.1) is 11.3 Å². The number of likely N-dealkylation sites (tertiary alicyclic amines) is 1. The van der Waals surface area contributed by atoms with Crippen molar-refractivity contribution in [2.75, 3.05) is 6.54 Å². The first-order valence-electron chi connectivity index (χ1n) is 7.44. The minimum atomic E-state index is 0.483. The van der Waals surface area contributed by atoms with Crippen LogP contribution in [-0.2, 0) is 13.0 Å². The molecule has 1 fully saturated rings. The normalized spacial score (nSPS) is 20.1. The van der Waals surface area contributed by atoms with Crippen LogP contribution in [-0.4, -0.2) is 21.4 Å². The molecule has 0 unspecified atom stereocenters. The lowest BCUT2D eigenvalue weighted by atomic mass is 10.0. The molecule has 1 aliphatic heterocycles. The second-order valence-electron chi connectivity index (χ2n) is 5.36. The summed E-state index contributed by atoms with van der Waals surface area (Å²) in [6, 6.07) is 4.85. The first-order chi connectivity index (χ1) is 9.86. The maximum atomic E-state index is 4.60. The summed E-state index contributed by atoms with van der Waals surface area (Å²) in [5, 5.41) is 3.34. The minimum Gasteiger partial charge on any atom is -0.288 e. The number of pyridine rings is 1. The average Bonchev–Trinajstić information content (AvgIpc) is 3.03. The molecule has 3 rings (SSSR count). The predicted molar refractivity (Wildman–Crippen MR) is 82.7 cm³/mol. The lowest BCUT2D eigenvalue weighted by Crippen LogP contribution is -2.33. The zero-order valence-corrected chi connectivity index (χ0v) is 12.8. The molecule has 0 N–H and O–H groups in total. The van der Waals surface area contributed by atoms with E-state index in [1.807, 2.05) is 12.4 Å². The summed E-state index contributed by atoms with van der Waals surface area (Å²) < 4.78 is 0.